The third-order valence-electron chi connectivity index (χ3n) is 4.45. The molecule has 0 aliphatic carbocycles. The molecule has 0 saturated carbocycles. The minimum atomic E-state index is 0.298. The number of rotatable bonds is 4. The lowest BCUT2D eigenvalue weighted by molar-refractivity contribution is 0.118. The molecule has 2 atom stereocenters. The molecule has 0 bridgehead atoms. The van der Waals surface area contributed by atoms with Crippen LogP contribution in [0.2, 0.25) is 0 Å². The summed E-state index contributed by atoms with van der Waals surface area (Å²) in [5.41, 5.74) is 1.13. The summed E-state index contributed by atoms with van der Waals surface area (Å²) in [5, 5.41) is 8.19. The Hall–Kier alpha value is -2.02. The summed E-state index contributed by atoms with van der Waals surface area (Å²) in [5.74, 6) is 2.43. The fourth-order valence-electron chi connectivity index (χ4n) is 3.12. The molecular formula is C16H24N6O. The van der Waals surface area contributed by atoms with Crippen LogP contribution in [-0.4, -0.2) is 51.7 Å². The van der Waals surface area contributed by atoms with Gasteiger partial charge in [0.05, 0.1) is 5.92 Å². The van der Waals surface area contributed by atoms with Gasteiger partial charge in [0.15, 0.2) is 0 Å². The number of piperidine rings is 1. The van der Waals surface area contributed by atoms with Crippen molar-refractivity contribution in [2.75, 3.05) is 25.5 Å². The molecule has 23 heavy (non-hydrogen) atoms. The minimum absolute atomic E-state index is 0.298. The molecule has 1 aliphatic rings. The van der Waals surface area contributed by atoms with Crippen LogP contribution in [0.3, 0.4) is 0 Å². The van der Waals surface area contributed by atoms with E-state index in [4.69, 9.17) is 4.42 Å². The molecule has 124 valence electrons. The van der Waals surface area contributed by atoms with Gasteiger partial charge in [-0.1, -0.05) is 0 Å². The Morgan fingerprint density at radius 2 is 2.00 bits per heavy atom. The molecular weight excluding hydrogens is 292 g/mol. The quantitative estimate of drug-likeness (QED) is 0.854. The first kappa shape index (κ1) is 15.9. The lowest BCUT2D eigenvalue weighted by Crippen LogP contribution is -2.41. The van der Waals surface area contributed by atoms with Gasteiger partial charge in [0.1, 0.15) is 0 Å². The van der Waals surface area contributed by atoms with Crippen LogP contribution in [0.4, 0.5) is 5.95 Å². The van der Waals surface area contributed by atoms with Crippen molar-refractivity contribution < 1.29 is 4.42 Å². The largest absolute Gasteiger partial charge is 0.425 e. The highest BCUT2D eigenvalue weighted by Gasteiger charge is 2.32. The Morgan fingerprint density at radius 3 is 2.61 bits per heavy atom. The van der Waals surface area contributed by atoms with Crippen molar-refractivity contribution in [3.63, 3.8) is 0 Å². The second-order valence-electron chi connectivity index (χ2n) is 6.40. The van der Waals surface area contributed by atoms with Crippen LogP contribution < -0.4 is 4.90 Å². The van der Waals surface area contributed by atoms with E-state index in [0.717, 1.165) is 43.3 Å². The second-order valence-corrected chi connectivity index (χ2v) is 6.40. The predicted octanol–water partition coefficient (Wildman–Crippen LogP) is 2.00. The first-order valence-corrected chi connectivity index (χ1v) is 8.07. The molecule has 0 amide bonds. The smallest absolute Gasteiger partial charge is 0.224 e. The zero-order valence-corrected chi connectivity index (χ0v) is 14.2. The highest BCUT2D eigenvalue weighted by atomic mass is 16.4. The van der Waals surface area contributed by atoms with E-state index in [0.29, 0.717) is 17.9 Å². The van der Waals surface area contributed by atoms with Gasteiger partial charge < -0.3 is 9.32 Å². The molecule has 1 aliphatic heterocycles. The van der Waals surface area contributed by atoms with E-state index >= 15 is 0 Å². The van der Waals surface area contributed by atoms with E-state index in [2.05, 4.69) is 32.0 Å². The molecule has 0 aromatic carbocycles. The molecule has 3 heterocycles. The van der Waals surface area contributed by atoms with Gasteiger partial charge in [-0.25, -0.2) is 9.97 Å². The Labute approximate surface area is 136 Å². The van der Waals surface area contributed by atoms with E-state index < -0.39 is 0 Å². The molecule has 1 saturated heterocycles. The maximum atomic E-state index is 5.65. The van der Waals surface area contributed by atoms with Crippen LogP contribution in [0.25, 0.3) is 0 Å². The summed E-state index contributed by atoms with van der Waals surface area (Å²) in [6, 6.07) is 0.358. The van der Waals surface area contributed by atoms with Crippen LogP contribution >= 0.6 is 0 Å². The van der Waals surface area contributed by atoms with Crippen LogP contribution in [0.15, 0.2) is 16.8 Å². The van der Waals surface area contributed by atoms with Gasteiger partial charge in [-0.15, -0.1) is 10.2 Å². The van der Waals surface area contributed by atoms with E-state index in [1.807, 2.05) is 38.3 Å². The van der Waals surface area contributed by atoms with E-state index in [1.165, 1.54) is 0 Å². The Kier molecular flexibility index (Phi) is 4.56. The van der Waals surface area contributed by atoms with Gasteiger partial charge in [-0.2, -0.15) is 0 Å². The number of likely N-dealkylation sites (tertiary alicyclic amines) is 1. The summed E-state index contributed by atoms with van der Waals surface area (Å²) in [6.45, 7) is 5.99. The first-order valence-electron chi connectivity index (χ1n) is 8.07. The molecule has 0 unspecified atom stereocenters. The summed E-state index contributed by atoms with van der Waals surface area (Å²) >= 11 is 0. The highest BCUT2D eigenvalue weighted by Crippen LogP contribution is 2.32. The molecule has 1 fully saturated rings. The maximum absolute atomic E-state index is 5.65. The number of hydrogen-bond acceptors (Lipinski definition) is 7. The molecule has 7 nitrogen and oxygen atoms in total. The molecule has 7 heteroatoms. The molecule has 3 rings (SSSR count). The molecule has 2 aromatic rings. The average Bonchev–Trinajstić information content (AvgIpc) is 2.96. The Balaban J connectivity index is 1.69. The van der Waals surface area contributed by atoms with Crippen LogP contribution in [0.5, 0.6) is 0 Å². The Morgan fingerprint density at radius 1 is 1.26 bits per heavy atom. The van der Waals surface area contributed by atoms with Crippen LogP contribution in [0, 0.1) is 6.92 Å². The second kappa shape index (κ2) is 6.62. The predicted molar refractivity (Wildman–Crippen MR) is 87.2 cm³/mol. The number of aryl methyl sites for hydroxylation is 1. The van der Waals surface area contributed by atoms with Crippen molar-refractivity contribution in [3.8, 4) is 0 Å². The van der Waals surface area contributed by atoms with E-state index in [-0.39, 0.29) is 0 Å². The maximum Gasteiger partial charge on any atom is 0.224 e. The van der Waals surface area contributed by atoms with E-state index in [1.54, 1.807) is 0 Å². The monoisotopic (exact) mass is 316 g/mol. The highest BCUT2D eigenvalue weighted by molar-refractivity contribution is 5.26. The third kappa shape index (κ3) is 3.50. The van der Waals surface area contributed by atoms with Crippen molar-refractivity contribution in [1.82, 2.24) is 25.1 Å². The zero-order valence-electron chi connectivity index (χ0n) is 14.2. The number of aromatic nitrogens is 4. The van der Waals surface area contributed by atoms with Crippen molar-refractivity contribution in [2.45, 2.75) is 45.2 Å². The SMILES string of the molecule is Cc1nnc([C@H]2CCCN(Cc3cnc(N(C)C)nc3)[C@H]2C)o1. The third-order valence-corrected chi connectivity index (χ3v) is 4.45. The number of anilines is 1. The van der Waals surface area contributed by atoms with Crippen LogP contribution in [0.1, 0.15) is 43.0 Å². The van der Waals surface area contributed by atoms with E-state index in [9.17, 15) is 0 Å². The van der Waals surface area contributed by atoms with Crippen molar-refractivity contribution in [2.24, 2.45) is 0 Å². The zero-order chi connectivity index (χ0) is 16.4. The average molecular weight is 316 g/mol. The molecule has 2 aromatic heterocycles. The van der Waals surface area contributed by atoms with Gasteiger partial charge in [-0.05, 0) is 26.3 Å². The van der Waals surface area contributed by atoms with Gasteiger partial charge in [0.25, 0.3) is 0 Å². The molecule has 0 spiro atoms. The van der Waals surface area contributed by atoms with Crippen molar-refractivity contribution in [3.05, 3.63) is 29.7 Å². The summed E-state index contributed by atoms with van der Waals surface area (Å²) in [7, 11) is 3.89. The summed E-state index contributed by atoms with van der Waals surface area (Å²) in [6.07, 6.45) is 6.05. The number of hydrogen-bond donors (Lipinski definition) is 0. The van der Waals surface area contributed by atoms with Gasteiger partial charge in [0, 0.05) is 51.6 Å². The lowest BCUT2D eigenvalue weighted by Gasteiger charge is -2.37. The fraction of sp³-hybridized carbons (Fsp3) is 0.625. The molecule has 0 N–H and O–H groups in total. The normalized spacial score (nSPS) is 22.3. The fourth-order valence-corrected chi connectivity index (χ4v) is 3.12. The summed E-state index contributed by atoms with van der Waals surface area (Å²) in [4.78, 5) is 13.1. The topological polar surface area (TPSA) is 71.2 Å². The van der Waals surface area contributed by atoms with Crippen molar-refractivity contribution >= 4 is 5.95 Å². The Bertz CT molecular complexity index is 638. The first-order chi connectivity index (χ1) is 11.0. The molecule has 0 radical (unpaired) electrons. The minimum Gasteiger partial charge on any atom is -0.425 e. The number of nitrogens with zero attached hydrogens (tertiary/aromatic N) is 6. The van der Waals surface area contributed by atoms with Crippen LogP contribution in [-0.2, 0) is 6.54 Å². The summed E-state index contributed by atoms with van der Waals surface area (Å²) < 4.78 is 5.65. The van der Waals surface area contributed by atoms with Crippen molar-refractivity contribution in [1.29, 1.82) is 0 Å². The van der Waals surface area contributed by atoms with Gasteiger partial charge in [-0.3, -0.25) is 4.90 Å². The standard InChI is InChI=1S/C16H24N6O/c1-11-14(15-20-19-12(2)23-15)6-5-7-22(11)10-13-8-17-16(18-9-13)21(3)4/h8-9,11,14H,5-7,10H2,1-4H3/t11-,14-/m0/s1. The lowest BCUT2D eigenvalue weighted by atomic mass is 9.90. The van der Waals surface area contributed by atoms with Gasteiger partial charge in [0.2, 0.25) is 17.7 Å². The van der Waals surface area contributed by atoms with Gasteiger partial charge >= 0.3 is 0 Å².